The van der Waals surface area contributed by atoms with Gasteiger partial charge in [-0.1, -0.05) is 17.4 Å². The van der Waals surface area contributed by atoms with Gasteiger partial charge in [-0.25, -0.2) is 18.5 Å². The van der Waals surface area contributed by atoms with E-state index in [2.05, 4.69) is 10.3 Å². The highest BCUT2D eigenvalue weighted by Gasteiger charge is 2.15. The predicted molar refractivity (Wildman–Crippen MR) is 102 cm³/mol. The molecule has 3 N–H and O–H groups in total. The van der Waals surface area contributed by atoms with E-state index in [0.717, 1.165) is 19.3 Å². The highest BCUT2D eigenvalue weighted by atomic mass is 32.2. The van der Waals surface area contributed by atoms with Crippen LogP contribution in [-0.4, -0.2) is 19.3 Å². The minimum atomic E-state index is -3.77. The molecule has 0 bridgehead atoms. The number of aryl methyl sites for hydroxylation is 2. The van der Waals surface area contributed by atoms with E-state index in [4.69, 9.17) is 5.14 Å². The zero-order valence-corrected chi connectivity index (χ0v) is 15.5. The Hall–Kier alpha value is -2.29. The number of hydrogen-bond acceptors (Lipinski definition) is 5. The number of nitrogens with two attached hydrogens (primary N) is 1. The van der Waals surface area contributed by atoms with Crippen LogP contribution in [0.25, 0.3) is 10.2 Å². The zero-order chi connectivity index (χ0) is 18.3. The fraction of sp³-hybridized carbons (Fsp3) is 0.222. The second-order valence-corrected chi connectivity index (χ2v) is 8.93. The van der Waals surface area contributed by atoms with Gasteiger partial charge in [-0.3, -0.25) is 10.1 Å². The van der Waals surface area contributed by atoms with Gasteiger partial charge in [0, 0.05) is 5.56 Å². The molecule has 1 aliphatic carbocycles. The molecule has 0 fully saturated rings. The average molecular weight is 387 g/mol. The Bertz CT molecular complexity index is 1120. The molecule has 0 unspecified atom stereocenters. The number of carbonyl (C=O) groups is 1. The Morgan fingerprint density at radius 1 is 1.08 bits per heavy atom. The van der Waals surface area contributed by atoms with Crippen LogP contribution in [0.3, 0.4) is 0 Å². The summed E-state index contributed by atoms with van der Waals surface area (Å²) < 4.78 is 23.6. The summed E-state index contributed by atoms with van der Waals surface area (Å²) in [6.07, 6.45) is 4.43. The average Bonchev–Trinajstić information content (AvgIpc) is 3.01. The largest absolute Gasteiger partial charge is 0.298 e. The van der Waals surface area contributed by atoms with E-state index in [-0.39, 0.29) is 10.8 Å². The van der Waals surface area contributed by atoms with Gasteiger partial charge in [-0.05, 0) is 67.1 Å². The van der Waals surface area contributed by atoms with Crippen molar-refractivity contribution in [1.82, 2.24) is 4.98 Å². The van der Waals surface area contributed by atoms with Gasteiger partial charge in [0.15, 0.2) is 5.13 Å². The predicted octanol–water partition coefficient (Wildman–Crippen LogP) is 3.07. The summed E-state index contributed by atoms with van der Waals surface area (Å²) in [5, 5.41) is 8.38. The number of thiazole rings is 1. The Balaban J connectivity index is 1.59. The normalized spacial score (nSPS) is 14.2. The maximum atomic E-state index is 12.5. The molecule has 0 spiro atoms. The van der Waals surface area contributed by atoms with Crippen molar-refractivity contribution >= 4 is 42.6 Å². The van der Waals surface area contributed by atoms with Crippen LogP contribution in [0.2, 0.25) is 0 Å². The SMILES string of the molecule is NS(=O)(=O)c1ccc2nc(NC(=O)c3ccc4c(c3)CCCC4)sc2c1. The van der Waals surface area contributed by atoms with Crippen molar-refractivity contribution in [3.8, 4) is 0 Å². The number of benzene rings is 2. The van der Waals surface area contributed by atoms with E-state index in [1.807, 2.05) is 18.2 Å². The number of hydrogen-bond donors (Lipinski definition) is 2. The number of carbonyl (C=O) groups excluding carboxylic acids is 1. The zero-order valence-electron chi connectivity index (χ0n) is 13.9. The molecular weight excluding hydrogens is 370 g/mol. The summed E-state index contributed by atoms with van der Waals surface area (Å²) in [5.74, 6) is -0.218. The van der Waals surface area contributed by atoms with Gasteiger partial charge in [0.2, 0.25) is 10.0 Å². The maximum Gasteiger partial charge on any atom is 0.257 e. The van der Waals surface area contributed by atoms with Gasteiger partial charge in [-0.2, -0.15) is 0 Å². The van der Waals surface area contributed by atoms with Crippen LogP contribution >= 0.6 is 11.3 Å². The molecule has 4 rings (SSSR count). The quantitative estimate of drug-likeness (QED) is 0.721. The third-order valence-electron chi connectivity index (χ3n) is 4.52. The fourth-order valence-corrected chi connectivity index (χ4v) is 4.69. The van der Waals surface area contributed by atoms with Gasteiger partial charge in [-0.15, -0.1) is 0 Å². The van der Waals surface area contributed by atoms with Gasteiger partial charge < -0.3 is 0 Å². The molecule has 0 atom stereocenters. The van der Waals surface area contributed by atoms with Gasteiger partial charge in [0.1, 0.15) is 0 Å². The number of anilines is 1. The van der Waals surface area contributed by atoms with E-state index in [0.29, 0.717) is 20.9 Å². The number of nitrogens with zero attached hydrogens (tertiary/aromatic N) is 1. The molecule has 1 aromatic heterocycles. The van der Waals surface area contributed by atoms with E-state index < -0.39 is 10.0 Å². The van der Waals surface area contributed by atoms with Crippen molar-refractivity contribution in [2.45, 2.75) is 30.6 Å². The minimum Gasteiger partial charge on any atom is -0.298 e. The highest BCUT2D eigenvalue weighted by Crippen LogP contribution is 2.28. The molecule has 3 aromatic rings. The fourth-order valence-electron chi connectivity index (χ4n) is 3.18. The van der Waals surface area contributed by atoms with Crippen molar-refractivity contribution in [2.75, 3.05) is 5.32 Å². The van der Waals surface area contributed by atoms with Crippen molar-refractivity contribution in [3.05, 3.63) is 53.1 Å². The Morgan fingerprint density at radius 3 is 2.62 bits per heavy atom. The van der Waals surface area contributed by atoms with Crippen molar-refractivity contribution < 1.29 is 13.2 Å². The lowest BCUT2D eigenvalue weighted by Gasteiger charge is -2.16. The lowest BCUT2D eigenvalue weighted by Crippen LogP contribution is -2.13. The molecule has 134 valence electrons. The summed E-state index contributed by atoms with van der Waals surface area (Å²) in [5.41, 5.74) is 3.78. The van der Waals surface area contributed by atoms with Gasteiger partial charge >= 0.3 is 0 Å². The molecular formula is C18H17N3O3S2. The Morgan fingerprint density at radius 2 is 1.85 bits per heavy atom. The number of aromatic nitrogens is 1. The Kier molecular flexibility index (Phi) is 4.26. The first-order valence-electron chi connectivity index (χ1n) is 8.27. The molecule has 1 heterocycles. The molecule has 2 aromatic carbocycles. The lowest BCUT2D eigenvalue weighted by molar-refractivity contribution is 0.102. The molecule has 0 saturated heterocycles. The molecule has 6 nitrogen and oxygen atoms in total. The highest BCUT2D eigenvalue weighted by molar-refractivity contribution is 7.89. The second kappa shape index (κ2) is 6.46. The molecule has 0 radical (unpaired) electrons. The van der Waals surface area contributed by atoms with Crippen LogP contribution in [0.15, 0.2) is 41.3 Å². The van der Waals surface area contributed by atoms with Crippen molar-refractivity contribution in [3.63, 3.8) is 0 Å². The topological polar surface area (TPSA) is 102 Å². The van der Waals surface area contributed by atoms with Crippen LogP contribution in [0.4, 0.5) is 5.13 Å². The molecule has 8 heteroatoms. The monoisotopic (exact) mass is 387 g/mol. The van der Waals surface area contributed by atoms with E-state index in [1.54, 1.807) is 6.07 Å². The van der Waals surface area contributed by atoms with E-state index >= 15 is 0 Å². The number of rotatable bonds is 3. The molecule has 0 saturated carbocycles. The Labute approximate surface area is 155 Å². The lowest BCUT2D eigenvalue weighted by atomic mass is 9.90. The van der Waals surface area contributed by atoms with Gasteiger partial charge in [0.25, 0.3) is 5.91 Å². The third kappa shape index (κ3) is 3.35. The van der Waals surface area contributed by atoms with Crippen molar-refractivity contribution in [1.29, 1.82) is 0 Å². The molecule has 26 heavy (non-hydrogen) atoms. The molecule has 0 aliphatic heterocycles. The van der Waals surface area contributed by atoms with Crippen LogP contribution in [-0.2, 0) is 22.9 Å². The first-order chi connectivity index (χ1) is 12.4. The van der Waals surface area contributed by atoms with Crippen molar-refractivity contribution in [2.24, 2.45) is 5.14 Å². The molecule has 1 amide bonds. The number of nitrogens with one attached hydrogen (secondary N) is 1. The van der Waals surface area contributed by atoms with Crippen LogP contribution < -0.4 is 10.5 Å². The number of primary sulfonamides is 1. The van der Waals surface area contributed by atoms with Gasteiger partial charge in [0.05, 0.1) is 15.1 Å². The number of sulfonamides is 1. The number of amides is 1. The van der Waals surface area contributed by atoms with E-state index in [1.165, 1.54) is 41.0 Å². The second-order valence-electron chi connectivity index (χ2n) is 6.34. The smallest absolute Gasteiger partial charge is 0.257 e. The first-order valence-corrected chi connectivity index (χ1v) is 10.6. The summed E-state index contributed by atoms with van der Waals surface area (Å²) in [7, 11) is -3.77. The third-order valence-corrected chi connectivity index (χ3v) is 6.36. The van der Waals surface area contributed by atoms with Crippen LogP contribution in [0.5, 0.6) is 0 Å². The van der Waals surface area contributed by atoms with Crippen LogP contribution in [0.1, 0.15) is 34.3 Å². The summed E-state index contributed by atoms with van der Waals surface area (Å²) in [6, 6.07) is 10.3. The summed E-state index contributed by atoms with van der Waals surface area (Å²) in [6.45, 7) is 0. The summed E-state index contributed by atoms with van der Waals surface area (Å²) in [4.78, 5) is 16.9. The van der Waals surface area contributed by atoms with Crippen LogP contribution in [0, 0.1) is 0 Å². The number of fused-ring (bicyclic) bond motifs is 2. The first kappa shape index (κ1) is 17.1. The maximum absolute atomic E-state index is 12.5. The molecule has 1 aliphatic rings. The standard InChI is InChI=1S/C18H17N3O3S2/c19-26(23,24)14-7-8-15-16(10-14)25-18(20-15)21-17(22)13-6-5-11-3-1-2-4-12(11)9-13/h5-10H,1-4H2,(H2,19,23,24)(H,20,21,22). The van der Waals surface area contributed by atoms with E-state index in [9.17, 15) is 13.2 Å². The summed E-state index contributed by atoms with van der Waals surface area (Å²) >= 11 is 1.22. The minimum absolute atomic E-state index is 0.0289.